The highest BCUT2D eigenvalue weighted by Crippen LogP contribution is 2.46. The summed E-state index contributed by atoms with van der Waals surface area (Å²) in [6, 6.07) is 11.2. The predicted molar refractivity (Wildman–Crippen MR) is 110 cm³/mol. The number of benzene rings is 2. The van der Waals surface area contributed by atoms with Crippen molar-refractivity contribution < 1.29 is 28.5 Å². The van der Waals surface area contributed by atoms with Crippen LogP contribution in [0.3, 0.4) is 0 Å². The third-order valence-electron chi connectivity index (χ3n) is 5.50. The standard InChI is InChI=1S/C23H23NO6/c1-13-5-7-15(8-6-13)24-17-12-30-23(26)21(17)16(11-20(24)25)14-9-18(27-2)22(29-4)19(10-14)28-3/h5-10,16H,11-12H2,1-4H3/t16-/m0/s1. The minimum Gasteiger partial charge on any atom is -0.493 e. The zero-order valence-electron chi connectivity index (χ0n) is 17.4. The van der Waals surface area contributed by atoms with E-state index in [0.717, 1.165) is 16.8 Å². The molecule has 156 valence electrons. The van der Waals surface area contributed by atoms with Crippen LogP contribution >= 0.6 is 0 Å². The van der Waals surface area contributed by atoms with Gasteiger partial charge in [-0.2, -0.15) is 0 Å². The average molecular weight is 409 g/mol. The minimum atomic E-state index is -0.460. The molecule has 30 heavy (non-hydrogen) atoms. The first-order valence-corrected chi connectivity index (χ1v) is 9.58. The molecule has 7 nitrogen and oxygen atoms in total. The van der Waals surface area contributed by atoms with E-state index in [9.17, 15) is 9.59 Å². The molecule has 1 amide bonds. The first-order valence-electron chi connectivity index (χ1n) is 9.58. The van der Waals surface area contributed by atoms with Gasteiger partial charge in [0, 0.05) is 18.0 Å². The first kappa shape index (κ1) is 19.8. The molecule has 2 aliphatic rings. The number of esters is 1. The molecule has 0 aliphatic carbocycles. The lowest BCUT2D eigenvalue weighted by molar-refractivity contribution is -0.136. The van der Waals surface area contributed by atoms with Gasteiger partial charge in [-0.3, -0.25) is 9.69 Å². The number of aryl methyl sites for hydroxylation is 1. The van der Waals surface area contributed by atoms with Gasteiger partial charge in [-0.25, -0.2) is 4.79 Å². The molecule has 2 heterocycles. The highest BCUT2D eigenvalue weighted by Gasteiger charge is 2.43. The summed E-state index contributed by atoms with van der Waals surface area (Å²) in [5.41, 5.74) is 3.61. The number of hydrogen-bond acceptors (Lipinski definition) is 6. The van der Waals surface area contributed by atoms with E-state index in [1.165, 1.54) is 21.3 Å². The van der Waals surface area contributed by atoms with E-state index in [1.807, 2.05) is 31.2 Å². The second-order valence-corrected chi connectivity index (χ2v) is 7.22. The van der Waals surface area contributed by atoms with Crippen LogP contribution in [0.25, 0.3) is 0 Å². The number of rotatable bonds is 5. The Kier molecular flexibility index (Phi) is 5.11. The van der Waals surface area contributed by atoms with E-state index < -0.39 is 11.9 Å². The molecule has 0 bridgehead atoms. The molecule has 0 aromatic heterocycles. The van der Waals surface area contributed by atoms with Crippen LogP contribution in [0.5, 0.6) is 17.2 Å². The fraction of sp³-hybridized carbons (Fsp3) is 0.304. The molecular formula is C23H23NO6. The van der Waals surface area contributed by atoms with Crippen molar-refractivity contribution >= 4 is 17.6 Å². The molecule has 4 rings (SSSR count). The lowest BCUT2D eigenvalue weighted by Gasteiger charge is -2.32. The normalized spacial score (nSPS) is 18.3. The Morgan fingerprint density at radius 1 is 0.967 bits per heavy atom. The van der Waals surface area contributed by atoms with E-state index in [1.54, 1.807) is 17.0 Å². The maximum Gasteiger partial charge on any atom is 0.336 e. The molecule has 7 heteroatoms. The fourth-order valence-electron chi connectivity index (χ4n) is 4.03. The van der Waals surface area contributed by atoms with Crippen LogP contribution in [0.15, 0.2) is 47.7 Å². The van der Waals surface area contributed by atoms with Gasteiger partial charge in [0.2, 0.25) is 11.7 Å². The lowest BCUT2D eigenvalue weighted by Crippen LogP contribution is -2.37. The summed E-state index contributed by atoms with van der Waals surface area (Å²) in [6.45, 7) is 2.05. The molecule has 0 unspecified atom stereocenters. The van der Waals surface area contributed by atoms with Crippen LogP contribution in [0.2, 0.25) is 0 Å². The van der Waals surface area contributed by atoms with Crippen LogP contribution in [-0.4, -0.2) is 39.8 Å². The van der Waals surface area contributed by atoms with Crippen molar-refractivity contribution in [1.82, 2.24) is 0 Å². The number of anilines is 1. The number of ether oxygens (including phenoxy) is 4. The molecule has 0 fully saturated rings. The molecule has 0 saturated carbocycles. The van der Waals surface area contributed by atoms with Crippen molar-refractivity contribution in [3.05, 3.63) is 58.8 Å². The zero-order valence-corrected chi connectivity index (χ0v) is 17.4. The molecule has 2 aliphatic heterocycles. The summed E-state index contributed by atoms with van der Waals surface area (Å²) in [5.74, 6) is 0.416. The van der Waals surface area contributed by atoms with Gasteiger partial charge in [0.05, 0.1) is 32.6 Å². The minimum absolute atomic E-state index is 0.0642. The monoisotopic (exact) mass is 409 g/mol. The van der Waals surface area contributed by atoms with Crippen LogP contribution in [-0.2, 0) is 14.3 Å². The third-order valence-corrected chi connectivity index (χ3v) is 5.50. The van der Waals surface area contributed by atoms with Crippen molar-refractivity contribution in [3.8, 4) is 17.2 Å². The molecule has 0 saturated heterocycles. The number of hydrogen-bond donors (Lipinski definition) is 0. The molecular weight excluding hydrogens is 386 g/mol. The SMILES string of the molecule is COc1cc([C@@H]2CC(=O)N(c3ccc(C)cc3)C3=C2C(=O)OC3)cc(OC)c1OC. The summed E-state index contributed by atoms with van der Waals surface area (Å²) >= 11 is 0. The number of nitrogens with zero attached hydrogens (tertiary/aromatic N) is 1. The Balaban J connectivity index is 1.84. The molecule has 2 aromatic rings. The number of amides is 1. The van der Waals surface area contributed by atoms with Crippen molar-refractivity contribution in [2.24, 2.45) is 0 Å². The Bertz CT molecular complexity index is 1020. The van der Waals surface area contributed by atoms with E-state index in [4.69, 9.17) is 18.9 Å². The van der Waals surface area contributed by atoms with Crippen LogP contribution in [0.1, 0.15) is 23.5 Å². The Morgan fingerprint density at radius 3 is 2.17 bits per heavy atom. The Morgan fingerprint density at radius 2 is 1.60 bits per heavy atom. The van der Waals surface area contributed by atoms with Crippen LogP contribution in [0, 0.1) is 6.92 Å². The molecule has 0 N–H and O–H groups in total. The Labute approximate surface area is 174 Å². The second-order valence-electron chi connectivity index (χ2n) is 7.22. The first-order chi connectivity index (χ1) is 14.5. The van der Waals surface area contributed by atoms with Crippen molar-refractivity contribution in [2.75, 3.05) is 32.8 Å². The quantitative estimate of drug-likeness (QED) is 0.705. The van der Waals surface area contributed by atoms with Gasteiger partial charge in [-0.15, -0.1) is 0 Å². The highest BCUT2D eigenvalue weighted by molar-refractivity contribution is 6.06. The van der Waals surface area contributed by atoms with Crippen molar-refractivity contribution in [2.45, 2.75) is 19.3 Å². The van der Waals surface area contributed by atoms with Crippen molar-refractivity contribution in [3.63, 3.8) is 0 Å². The summed E-state index contributed by atoms with van der Waals surface area (Å²) in [5, 5.41) is 0. The maximum atomic E-state index is 13.2. The second kappa shape index (κ2) is 7.74. The fourth-order valence-corrected chi connectivity index (χ4v) is 4.03. The van der Waals surface area contributed by atoms with Crippen LogP contribution in [0.4, 0.5) is 5.69 Å². The number of cyclic esters (lactones) is 1. The number of methoxy groups -OCH3 is 3. The number of carbonyl (C=O) groups excluding carboxylic acids is 2. The Hall–Kier alpha value is -3.48. The summed E-state index contributed by atoms with van der Waals surface area (Å²) < 4.78 is 21.6. The van der Waals surface area contributed by atoms with E-state index >= 15 is 0 Å². The molecule has 1 atom stereocenters. The van der Waals surface area contributed by atoms with Gasteiger partial charge in [-0.1, -0.05) is 17.7 Å². The number of carbonyl (C=O) groups is 2. The third kappa shape index (κ3) is 3.16. The van der Waals surface area contributed by atoms with E-state index in [-0.39, 0.29) is 18.9 Å². The summed E-state index contributed by atoms with van der Waals surface area (Å²) in [4.78, 5) is 27.4. The topological polar surface area (TPSA) is 74.3 Å². The molecule has 0 radical (unpaired) electrons. The zero-order chi connectivity index (χ0) is 21.4. The summed E-state index contributed by atoms with van der Waals surface area (Å²) in [6.07, 6.45) is 0.125. The van der Waals surface area contributed by atoms with Crippen LogP contribution < -0.4 is 19.1 Å². The lowest BCUT2D eigenvalue weighted by atomic mass is 9.83. The van der Waals surface area contributed by atoms with Gasteiger partial charge in [0.25, 0.3) is 0 Å². The van der Waals surface area contributed by atoms with Gasteiger partial charge in [0.15, 0.2) is 11.5 Å². The van der Waals surface area contributed by atoms with E-state index in [2.05, 4.69) is 0 Å². The smallest absolute Gasteiger partial charge is 0.336 e. The van der Waals surface area contributed by atoms with Gasteiger partial charge in [-0.05, 0) is 36.8 Å². The van der Waals surface area contributed by atoms with E-state index in [0.29, 0.717) is 28.5 Å². The average Bonchev–Trinajstić information content (AvgIpc) is 3.14. The highest BCUT2D eigenvalue weighted by atomic mass is 16.5. The maximum absolute atomic E-state index is 13.2. The predicted octanol–water partition coefficient (Wildman–Crippen LogP) is 3.35. The largest absolute Gasteiger partial charge is 0.493 e. The summed E-state index contributed by atoms with van der Waals surface area (Å²) in [7, 11) is 4.58. The molecule has 2 aromatic carbocycles. The van der Waals surface area contributed by atoms with Gasteiger partial charge >= 0.3 is 5.97 Å². The van der Waals surface area contributed by atoms with Crippen molar-refractivity contribution in [1.29, 1.82) is 0 Å². The molecule has 0 spiro atoms. The van der Waals surface area contributed by atoms with Gasteiger partial charge < -0.3 is 18.9 Å². The van der Waals surface area contributed by atoms with Gasteiger partial charge in [0.1, 0.15) is 6.61 Å².